The van der Waals surface area contributed by atoms with Crippen molar-refractivity contribution in [2.45, 2.75) is 26.3 Å². The number of nitrogens with one attached hydrogen (secondary N) is 1. The highest BCUT2D eigenvalue weighted by Crippen LogP contribution is 2.30. The van der Waals surface area contributed by atoms with E-state index in [2.05, 4.69) is 24.4 Å². The minimum atomic E-state index is -0.285. The number of rotatable bonds is 6. The van der Waals surface area contributed by atoms with E-state index in [9.17, 15) is 4.39 Å². The molecule has 0 aromatic heterocycles. The molecule has 1 N–H and O–H groups in total. The largest absolute Gasteiger partial charge is 0.492 e. The van der Waals surface area contributed by atoms with Crippen LogP contribution in [0.3, 0.4) is 0 Å². The summed E-state index contributed by atoms with van der Waals surface area (Å²) in [5.41, 5.74) is 2.03. The van der Waals surface area contributed by atoms with Gasteiger partial charge in [0.1, 0.15) is 11.6 Å². The van der Waals surface area contributed by atoms with Crippen LogP contribution in [-0.4, -0.2) is 6.61 Å². The van der Waals surface area contributed by atoms with E-state index in [0.717, 1.165) is 12.1 Å². The van der Waals surface area contributed by atoms with Gasteiger partial charge in [0.15, 0.2) is 0 Å². The molecule has 1 atom stereocenters. The number of ether oxygens (including phenoxy) is 1. The third kappa shape index (κ3) is 3.50. The van der Waals surface area contributed by atoms with E-state index < -0.39 is 0 Å². The van der Waals surface area contributed by atoms with Crippen LogP contribution in [0, 0.1) is 5.82 Å². The summed E-state index contributed by atoms with van der Waals surface area (Å²) in [4.78, 5) is 0. The van der Waals surface area contributed by atoms with Crippen LogP contribution in [0.4, 0.5) is 10.1 Å². The Morgan fingerprint density at radius 2 is 1.85 bits per heavy atom. The first-order chi connectivity index (χ1) is 9.74. The van der Waals surface area contributed by atoms with E-state index in [1.165, 1.54) is 17.7 Å². The number of halogens is 1. The van der Waals surface area contributed by atoms with Gasteiger partial charge in [-0.3, -0.25) is 0 Å². The molecule has 0 aliphatic heterocycles. The number of hydrogen-bond acceptors (Lipinski definition) is 2. The van der Waals surface area contributed by atoms with Crippen LogP contribution in [0.5, 0.6) is 5.75 Å². The van der Waals surface area contributed by atoms with E-state index in [1.54, 1.807) is 6.07 Å². The van der Waals surface area contributed by atoms with Crippen molar-refractivity contribution in [2.24, 2.45) is 0 Å². The quantitative estimate of drug-likeness (QED) is 0.817. The molecule has 2 aromatic rings. The molecule has 2 rings (SSSR count). The summed E-state index contributed by atoms with van der Waals surface area (Å²) in [6.45, 7) is 4.53. The summed E-state index contributed by atoms with van der Waals surface area (Å²) in [6, 6.07) is 15.0. The first-order valence-corrected chi connectivity index (χ1v) is 6.98. The molecule has 0 saturated carbocycles. The second-order valence-electron chi connectivity index (χ2n) is 4.59. The second kappa shape index (κ2) is 6.94. The summed E-state index contributed by atoms with van der Waals surface area (Å²) >= 11 is 0. The zero-order valence-corrected chi connectivity index (χ0v) is 11.9. The highest BCUT2D eigenvalue weighted by Gasteiger charge is 2.12. The molecular weight excluding hydrogens is 253 g/mol. The summed E-state index contributed by atoms with van der Waals surface area (Å²) in [5, 5.41) is 3.43. The molecule has 0 fully saturated rings. The lowest BCUT2D eigenvalue weighted by Crippen LogP contribution is -2.11. The van der Waals surface area contributed by atoms with E-state index in [-0.39, 0.29) is 11.9 Å². The molecule has 106 valence electrons. The number of hydrogen-bond donors (Lipinski definition) is 1. The van der Waals surface area contributed by atoms with Crippen LogP contribution < -0.4 is 10.1 Å². The molecular formula is C17H20FNO. The predicted octanol–water partition coefficient (Wildman–Crippen LogP) is 4.79. The minimum Gasteiger partial charge on any atom is -0.492 e. The molecule has 0 aliphatic carbocycles. The summed E-state index contributed by atoms with van der Waals surface area (Å²) in [6.07, 6.45) is 0.937. The molecule has 0 bridgehead atoms. The zero-order chi connectivity index (χ0) is 14.4. The first-order valence-electron chi connectivity index (χ1n) is 6.98. The summed E-state index contributed by atoms with van der Waals surface area (Å²) < 4.78 is 18.8. The van der Waals surface area contributed by atoms with Gasteiger partial charge < -0.3 is 10.1 Å². The Morgan fingerprint density at radius 1 is 1.10 bits per heavy atom. The minimum absolute atomic E-state index is 0.181. The molecule has 0 amide bonds. The van der Waals surface area contributed by atoms with Gasteiger partial charge in [-0.25, -0.2) is 4.39 Å². The lowest BCUT2D eigenvalue weighted by molar-refractivity contribution is 0.339. The molecule has 0 aliphatic rings. The number of benzene rings is 2. The monoisotopic (exact) mass is 273 g/mol. The van der Waals surface area contributed by atoms with Crippen molar-refractivity contribution in [2.75, 3.05) is 11.9 Å². The molecule has 2 aromatic carbocycles. The summed E-state index contributed by atoms with van der Waals surface area (Å²) in [5.74, 6) is 0.272. The normalized spacial score (nSPS) is 11.9. The van der Waals surface area contributed by atoms with Gasteiger partial charge in [-0.15, -0.1) is 0 Å². The van der Waals surface area contributed by atoms with Gasteiger partial charge in [-0.2, -0.15) is 0 Å². The maximum atomic E-state index is 13.3. The Balaban J connectivity index is 2.23. The van der Waals surface area contributed by atoms with E-state index in [4.69, 9.17) is 4.74 Å². The van der Waals surface area contributed by atoms with Gasteiger partial charge in [0.05, 0.1) is 18.3 Å². The van der Waals surface area contributed by atoms with E-state index >= 15 is 0 Å². The fraction of sp³-hybridized carbons (Fsp3) is 0.294. The molecule has 1 unspecified atom stereocenters. The Labute approximate surface area is 119 Å². The Hall–Kier alpha value is -2.03. The fourth-order valence-electron chi connectivity index (χ4n) is 2.18. The molecule has 20 heavy (non-hydrogen) atoms. The summed E-state index contributed by atoms with van der Waals surface area (Å²) in [7, 11) is 0. The molecule has 0 saturated heterocycles. The van der Waals surface area contributed by atoms with Crippen LogP contribution in [0.15, 0.2) is 48.5 Å². The van der Waals surface area contributed by atoms with Gasteiger partial charge in [-0.1, -0.05) is 37.3 Å². The van der Waals surface area contributed by atoms with Crippen molar-refractivity contribution in [1.82, 2.24) is 0 Å². The van der Waals surface area contributed by atoms with Crippen molar-refractivity contribution in [1.29, 1.82) is 0 Å². The Bertz CT molecular complexity index is 542. The van der Waals surface area contributed by atoms with Crippen molar-refractivity contribution in [3.05, 3.63) is 59.9 Å². The average Bonchev–Trinajstić information content (AvgIpc) is 2.48. The predicted molar refractivity (Wildman–Crippen MR) is 80.7 cm³/mol. The maximum absolute atomic E-state index is 13.3. The second-order valence-corrected chi connectivity index (χ2v) is 4.59. The van der Waals surface area contributed by atoms with Crippen molar-refractivity contribution in [3.8, 4) is 5.75 Å². The topological polar surface area (TPSA) is 21.3 Å². The molecule has 0 radical (unpaired) electrons. The van der Waals surface area contributed by atoms with Crippen LogP contribution in [0.2, 0.25) is 0 Å². The molecule has 0 spiro atoms. The van der Waals surface area contributed by atoms with Gasteiger partial charge >= 0.3 is 0 Å². The van der Waals surface area contributed by atoms with Crippen LogP contribution >= 0.6 is 0 Å². The highest BCUT2D eigenvalue weighted by molar-refractivity contribution is 5.57. The lowest BCUT2D eigenvalue weighted by atomic mass is 10.0. The van der Waals surface area contributed by atoms with E-state index in [1.807, 2.05) is 25.1 Å². The molecule has 2 nitrogen and oxygen atoms in total. The van der Waals surface area contributed by atoms with Gasteiger partial charge in [-0.05, 0) is 31.0 Å². The highest BCUT2D eigenvalue weighted by atomic mass is 19.1. The van der Waals surface area contributed by atoms with Crippen LogP contribution in [-0.2, 0) is 0 Å². The smallest absolute Gasteiger partial charge is 0.145 e. The Morgan fingerprint density at radius 3 is 2.50 bits per heavy atom. The third-order valence-electron chi connectivity index (χ3n) is 3.18. The third-order valence-corrected chi connectivity index (χ3v) is 3.18. The van der Waals surface area contributed by atoms with Gasteiger partial charge in [0, 0.05) is 6.07 Å². The zero-order valence-electron chi connectivity index (χ0n) is 11.9. The van der Waals surface area contributed by atoms with Gasteiger partial charge in [0.2, 0.25) is 0 Å². The van der Waals surface area contributed by atoms with Crippen LogP contribution in [0.1, 0.15) is 31.9 Å². The first kappa shape index (κ1) is 14.4. The van der Waals surface area contributed by atoms with Gasteiger partial charge in [0.25, 0.3) is 0 Å². The SMILES string of the molecule is CCOc1cc(F)ccc1NC(CC)c1ccccc1. The Kier molecular flexibility index (Phi) is 4.99. The molecule has 3 heteroatoms. The average molecular weight is 273 g/mol. The fourth-order valence-corrected chi connectivity index (χ4v) is 2.18. The standard InChI is InChI=1S/C17H20FNO/c1-3-15(13-8-6-5-7-9-13)19-16-11-10-14(18)12-17(16)20-4-2/h5-12,15,19H,3-4H2,1-2H3. The van der Waals surface area contributed by atoms with E-state index in [0.29, 0.717) is 12.4 Å². The van der Waals surface area contributed by atoms with Crippen molar-refractivity contribution < 1.29 is 9.13 Å². The lowest BCUT2D eigenvalue weighted by Gasteiger charge is -2.21. The van der Waals surface area contributed by atoms with Crippen LogP contribution in [0.25, 0.3) is 0 Å². The van der Waals surface area contributed by atoms with Crippen molar-refractivity contribution in [3.63, 3.8) is 0 Å². The molecule has 0 heterocycles. The maximum Gasteiger partial charge on any atom is 0.145 e. The van der Waals surface area contributed by atoms with Crippen molar-refractivity contribution >= 4 is 5.69 Å². The number of anilines is 1.